The maximum absolute atomic E-state index is 12.6. The first kappa shape index (κ1) is 17.7. The van der Waals surface area contributed by atoms with Gasteiger partial charge >= 0.3 is 6.18 Å². The van der Waals surface area contributed by atoms with E-state index in [1.807, 2.05) is 0 Å². The molecular weight excluding hydrogens is 321 g/mol. The molecule has 0 atom stereocenters. The van der Waals surface area contributed by atoms with E-state index in [0.29, 0.717) is 17.1 Å². The summed E-state index contributed by atoms with van der Waals surface area (Å²) in [4.78, 5) is 11.9. The molecule has 0 heterocycles. The normalized spacial score (nSPS) is 11.0. The topological polar surface area (TPSA) is 50.4 Å². The molecule has 2 aromatic carbocycles. The number of halogens is 3. The van der Waals surface area contributed by atoms with Gasteiger partial charge in [0, 0.05) is 30.4 Å². The second kappa shape index (κ2) is 7.72. The van der Waals surface area contributed by atoms with E-state index in [9.17, 15) is 18.0 Å². The Bertz CT molecular complexity index is 702. The van der Waals surface area contributed by atoms with Crippen LogP contribution < -0.4 is 15.4 Å². The fourth-order valence-electron chi connectivity index (χ4n) is 2.05. The van der Waals surface area contributed by atoms with Crippen LogP contribution in [0.5, 0.6) is 5.75 Å². The fourth-order valence-corrected chi connectivity index (χ4v) is 2.05. The Hall–Kier alpha value is -2.70. The van der Waals surface area contributed by atoms with Crippen molar-refractivity contribution >= 4 is 17.3 Å². The summed E-state index contributed by atoms with van der Waals surface area (Å²) in [6, 6.07) is 11.8. The van der Waals surface area contributed by atoms with Gasteiger partial charge < -0.3 is 15.4 Å². The zero-order valence-electron chi connectivity index (χ0n) is 13.0. The minimum atomic E-state index is -4.39. The third-order valence-corrected chi connectivity index (χ3v) is 3.22. The van der Waals surface area contributed by atoms with Crippen LogP contribution in [0.25, 0.3) is 0 Å². The van der Waals surface area contributed by atoms with Crippen LogP contribution in [0.3, 0.4) is 0 Å². The molecule has 2 rings (SSSR count). The largest absolute Gasteiger partial charge is 0.497 e. The van der Waals surface area contributed by atoms with E-state index in [-0.39, 0.29) is 18.9 Å². The molecule has 128 valence electrons. The summed E-state index contributed by atoms with van der Waals surface area (Å²) in [5, 5.41) is 5.51. The molecule has 0 aliphatic heterocycles. The van der Waals surface area contributed by atoms with Gasteiger partial charge in [-0.2, -0.15) is 13.2 Å². The fraction of sp³-hybridized carbons (Fsp3) is 0.235. The molecule has 0 saturated heterocycles. The third kappa shape index (κ3) is 5.19. The number of benzene rings is 2. The van der Waals surface area contributed by atoms with Crippen LogP contribution in [0.15, 0.2) is 48.5 Å². The van der Waals surface area contributed by atoms with Crippen molar-refractivity contribution in [2.75, 3.05) is 24.3 Å². The number of carbonyl (C=O) groups excluding carboxylic acids is 1. The van der Waals surface area contributed by atoms with Crippen molar-refractivity contribution in [3.63, 3.8) is 0 Å². The van der Waals surface area contributed by atoms with Gasteiger partial charge in [-0.25, -0.2) is 0 Å². The van der Waals surface area contributed by atoms with Crippen LogP contribution in [-0.2, 0) is 11.0 Å². The van der Waals surface area contributed by atoms with Gasteiger partial charge in [-0.1, -0.05) is 12.1 Å². The number of rotatable bonds is 6. The zero-order chi connectivity index (χ0) is 17.6. The van der Waals surface area contributed by atoms with Crippen molar-refractivity contribution in [2.45, 2.75) is 12.6 Å². The van der Waals surface area contributed by atoms with Crippen LogP contribution in [0.1, 0.15) is 12.0 Å². The van der Waals surface area contributed by atoms with Crippen LogP contribution in [0.2, 0.25) is 0 Å². The molecular formula is C17H17F3N2O2. The van der Waals surface area contributed by atoms with Crippen molar-refractivity contribution in [3.8, 4) is 5.75 Å². The Morgan fingerprint density at radius 2 is 1.79 bits per heavy atom. The summed E-state index contributed by atoms with van der Waals surface area (Å²) in [6.45, 7) is 0.219. The molecule has 0 saturated carbocycles. The van der Waals surface area contributed by atoms with Crippen molar-refractivity contribution < 1.29 is 22.7 Å². The standard InChI is InChI=1S/C17H17F3N2O2/c1-24-15-7-3-6-14(11-15)22-16(23)8-9-21-13-5-2-4-12(10-13)17(18,19)20/h2-7,10-11,21H,8-9H2,1H3,(H,22,23). The highest BCUT2D eigenvalue weighted by molar-refractivity contribution is 5.91. The molecule has 0 aliphatic rings. The highest BCUT2D eigenvalue weighted by atomic mass is 19.4. The first-order chi connectivity index (χ1) is 11.4. The number of nitrogens with one attached hydrogen (secondary N) is 2. The highest BCUT2D eigenvalue weighted by Gasteiger charge is 2.30. The molecule has 0 aromatic heterocycles. The van der Waals surface area contributed by atoms with E-state index in [2.05, 4.69) is 10.6 Å². The number of ether oxygens (including phenoxy) is 1. The first-order valence-electron chi connectivity index (χ1n) is 7.23. The average molecular weight is 338 g/mol. The van der Waals surface area contributed by atoms with Gasteiger partial charge in [0.1, 0.15) is 5.75 Å². The summed E-state index contributed by atoms with van der Waals surface area (Å²) in [5.74, 6) is 0.373. The molecule has 0 fully saturated rings. The third-order valence-electron chi connectivity index (χ3n) is 3.22. The molecule has 2 N–H and O–H groups in total. The highest BCUT2D eigenvalue weighted by Crippen LogP contribution is 2.30. The molecule has 1 amide bonds. The van der Waals surface area contributed by atoms with Gasteiger partial charge in [0.05, 0.1) is 12.7 Å². The first-order valence-corrected chi connectivity index (χ1v) is 7.23. The lowest BCUT2D eigenvalue weighted by atomic mass is 10.2. The second-order valence-corrected chi connectivity index (χ2v) is 5.04. The molecule has 2 aromatic rings. The van der Waals surface area contributed by atoms with E-state index in [4.69, 9.17) is 4.74 Å². The number of hydrogen-bond acceptors (Lipinski definition) is 3. The van der Waals surface area contributed by atoms with Gasteiger partial charge in [-0.3, -0.25) is 4.79 Å². The van der Waals surface area contributed by atoms with Crippen molar-refractivity contribution in [2.24, 2.45) is 0 Å². The molecule has 0 radical (unpaired) electrons. The van der Waals surface area contributed by atoms with E-state index in [1.54, 1.807) is 24.3 Å². The lowest BCUT2D eigenvalue weighted by molar-refractivity contribution is -0.137. The summed E-state index contributed by atoms with van der Waals surface area (Å²) in [5.41, 5.74) is 0.186. The minimum absolute atomic E-state index is 0.119. The maximum Gasteiger partial charge on any atom is 0.416 e. The van der Waals surface area contributed by atoms with Crippen molar-refractivity contribution in [1.29, 1.82) is 0 Å². The van der Waals surface area contributed by atoms with Crippen LogP contribution in [0, 0.1) is 0 Å². The molecule has 0 bridgehead atoms. The molecule has 7 heteroatoms. The Morgan fingerprint density at radius 3 is 2.50 bits per heavy atom. The quantitative estimate of drug-likeness (QED) is 0.832. The average Bonchev–Trinajstić information content (AvgIpc) is 2.54. The Morgan fingerprint density at radius 1 is 1.08 bits per heavy atom. The number of carbonyl (C=O) groups is 1. The van der Waals surface area contributed by atoms with Crippen LogP contribution >= 0.6 is 0 Å². The maximum atomic E-state index is 12.6. The Kier molecular flexibility index (Phi) is 5.68. The number of anilines is 2. The Balaban J connectivity index is 1.84. The lowest BCUT2D eigenvalue weighted by Gasteiger charge is -2.11. The predicted octanol–water partition coefficient (Wildman–Crippen LogP) is 4.15. The van der Waals surface area contributed by atoms with E-state index in [1.165, 1.54) is 19.2 Å². The SMILES string of the molecule is COc1cccc(NC(=O)CCNc2cccc(C(F)(F)F)c2)c1. The van der Waals surface area contributed by atoms with Crippen molar-refractivity contribution in [3.05, 3.63) is 54.1 Å². The zero-order valence-corrected chi connectivity index (χ0v) is 13.0. The van der Waals surface area contributed by atoms with Crippen LogP contribution in [0.4, 0.5) is 24.5 Å². The monoisotopic (exact) mass is 338 g/mol. The summed E-state index contributed by atoms with van der Waals surface area (Å²) in [7, 11) is 1.53. The summed E-state index contributed by atoms with van der Waals surface area (Å²) < 4.78 is 42.9. The van der Waals surface area contributed by atoms with Crippen molar-refractivity contribution in [1.82, 2.24) is 0 Å². The summed E-state index contributed by atoms with van der Waals surface area (Å²) >= 11 is 0. The Labute approximate surface area is 137 Å². The van der Waals surface area contributed by atoms with Gasteiger partial charge in [0.25, 0.3) is 0 Å². The number of amides is 1. The van der Waals surface area contributed by atoms with Gasteiger partial charge in [-0.15, -0.1) is 0 Å². The number of hydrogen-bond donors (Lipinski definition) is 2. The number of alkyl halides is 3. The smallest absolute Gasteiger partial charge is 0.416 e. The molecule has 0 spiro atoms. The summed E-state index contributed by atoms with van der Waals surface area (Å²) in [6.07, 6.45) is -4.27. The predicted molar refractivity (Wildman–Crippen MR) is 86.2 cm³/mol. The van der Waals surface area contributed by atoms with Gasteiger partial charge in [0.2, 0.25) is 5.91 Å². The van der Waals surface area contributed by atoms with E-state index in [0.717, 1.165) is 12.1 Å². The van der Waals surface area contributed by atoms with E-state index < -0.39 is 11.7 Å². The van der Waals surface area contributed by atoms with Gasteiger partial charge in [-0.05, 0) is 30.3 Å². The molecule has 4 nitrogen and oxygen atoms in total. The van der Waals surface area contributed by atoms with Crippen LogP contribution in [-0.4, -0.2) is 19.6 Å². The van der Waals surface area contributed by atoms with Gasteiger partial charge in [0.15, 0.2) is 0 Å². The molecule has 24 heavy (non-hydrogen) atoms. The molecule has 0 aliphatic carbocycles. The lowest BCUT2D eigenvalue weighted by Crippen LogP contribution is -2.16. The molecule has 0 unspecified atom stereocenters. The minimum Gasteiger partial charge on any atom is -0.497 e. The van der Waals surface area contributed by atoms with E-state index >= 15 is 0 Å². The second-order valence-electron chi connectivity index (χ2n) is 5.04. The number of methoxy groups -OCH3 is 1.